The highest BCUT2D eigenvalue weighted by Crippen LogP contribution is 2.12. The average Bonchev–Trinajstić information content (AvgIpc) is 3.15. The predicted molar refractivity (Wildman–Crippen MR) is 229 cm³/mol. The van der Waals surface area contributed by atoms with Crippen molar-refractivity contribution < 1.29 is 14.3 Å². The summed E-state index contributed by atoms with van der Waals surface area (Å²) in [7, 11) is 0. The molecule has 0 spiro atoms. The summed E-state index contributed by atoms with van der Waals surface area (Å²) in [4.78, 5) is 15.1. The molecule has 5 heteroatoms. The SMILES string of the molecule is CCCCCCCC/C=C\CCCCCCCCOCCC(NC(=O)CCCN(CC)CC)OCCCCCCCC/C=C\CCCCCCCC. The minimum atomic E-state index is -0.246. The summed E-state index contributed by atoms with van der Waals surface area (Å²) in [5.41, 5.74) is 0. The van der Waals surface area contributed by atoms with E-state index in [4.69, 9.17) is 9.47 Å². The van der Waals surface area contributed by atoms with Gasteiger partial charge >= 0.3 is 0 Å². The Morgan fingerprint density at radius 3 is 1.35 bits per heavy atom. The van der Waals surface area contributed by atoms with Crippen molar-refractivity contribution in [3.05, 3.63) is 24.3 Å². The number of ether oxygens (including phenoxy) is 2. The number of allylic oxidation sites excluding steroid dienone is 4. The molecule has 52 heavy (non-hydrogen) atoms. The number of unbranched alkanes of at least 4 members (excludes halogenated alkanes) is 24. The Morgan fingerprint density at radius 1 is 0.500 bits per heavy atom. The van der Waals surface area contributed by atoms with E-state index in [1.807, 2.05) is 0 Å². The highest BCUT2D eigenvalue weighted by atomic mass is 16.5. The van der Waals surface area contributed by atoms with Gasteiger partial charge in [0.15, 0.2) is 0 Å². The topological polar surface area (TPSA) is 50.8 Å². The maximum Gasteiger partial charge on any atom is 0.222 e. The zero-order valence-corrected chi connectivity index (χ0v) is 35.7. The number of hydrogen-bond donors (Lipinski definition) is 1. The minimum absolute atomic E-state index is 0.103. The van der Waals surface area contributed by atoms with Gasteiger partial charge in [-0.3, -0.25) is 4.79 Å². The standard InChI is InChI=1S/C47H92N2O3/c1-5-9-11-13-15-17-19-21-23-25-27-29-31-33-35-37-43-51-45-41-47(48-46(50)40-39-42-49(7-3)8-4)52-44-38-36-34-32-30-28-26-24-22-20-18-16-14-12-10-6-2/h21-24,47H,5-20,25-45H2,1-4H3,(H,48,50)/b23-21-,24-22-. The maximum atomic E-state index is 12.7. The number of carbonyl (C=O) groups is 1. The van der Waals surface area contributed by atoms with Crippen molar-refractivity contribution in [2.45, 2.75) is 233 Å². The van der Waals surface area contributed by atoms with E-state index in [1.165, 1.54) is 167 Å². The lowest BCUT2D eigenvalue weighted by atomic mass is 10.1. The van der Waals surface area contributed by atoms with E-state index in [2.05, 4.69) is 62.2 Å². The van der Waals surface area contributed by atoms with E-state index in [-0.39, 0.29) is 12.1 Å². The van der Waals surface area contributed by atoms with Crippen LogP contribution in [0.2, 0.25) is 0 Å². The van der Waals surface area contributed by atoms with Crippen molar-refractivity contribution in [1.82, 2.24) is 10.2 Å². The van der Waals surface area contributed by atoms with E-state index in [0.717, 1.165) is 51.9 Å². The molecule has 1 amide bonds. The van der Waals surface area contributed by atoms with Crippen molar-refractivity contribution in [3.63, 3.8) is 0 Å². The fraction of sp³-hybridized carbons (Fsp3) is 0.894. The molecule has 0 saturated carbocycles. The van der Waals surface area contributed by atoms with Gasteiger partial charge in [0.25, 0.3) is 0 Å². The number of amides is 1. The molecule has 5 nitrogen and oxygen atoms in total. The first kappa shape index (κ1) is 50.8. The van der Waals surface area contributed by atoms with Crippen molar-refractivity contribution in [1.29, 1.82) is 0 Å². The molecule has 1 unspecified atom stereocenters. The Morgan fingerprint density at radius 2 is 0.904 bits per heavy atom. The molecule has 308 valence electrons. The molecule has 0 saturated heterocycles. The lowest BCUT2D eigenvalue weighted by molar-refractivity contribution is -0.126. The lowest BCUT2D eigenvalue weighted by Gasteiger charge is -2.21. The average molecular weight is 733 g/mol. The summed E-state index contributed by atoms with van der Waals surface area (Å²) in [5, 5.41) is 3.17. The van der Waals surface area contributed by atoms with Gasteiger partial charge < -0.3 is 19.7 Å². The van der Waals surface area contributed by atoms with E-state index in [1.54, 1.807) is 0 Å². The third-order valence-electron chi connectivity index (χ3n) is 10.4. The quantitative estimate of drug-likeness (QED) is 0.0385. The number of nitrogens with one attached hydrogen (secondary N) is 1. The van der Waals surface area contributed by atoms with Crippen molar-refractivity contribution in [2.24, 2.45) is 0 Å². The summed E-state index contributed by atoms with van der Waals surface area (Å²) in [5.74, 6) is 0.103. The fourth-order valence-electron chi connectivity index (χ4n) is 6.77. The molecule has 0 aromatic rings. The molecule has 0 aliphatic heterocycles. The largest absolute Gasteiger partial charge is 0.381 e. The Balaban J connectivity index is 4.01. The van der Waals surface area contributed by atoms with Gasteiger partial charge in [0.2, 0.25) is 5.91 Å². The van der Waals surface area contributed by atoms with E-state index in [9.17, 15) is 4.79 Å². The molecule has 0 radical (unpaired) electrons. The Hall–Kier alpha value is -1.17. The summed E-state index contributed by atoms with van der Waals surface area (Å²) in [6.07, 6.45) is 48.3. The van der Waals surface area contributed by atoms with Crippen LogP contribution < -0.4 is 5.32 Å². The first-order valence-electron chi connectivity index (χ1n) is 23.2. The van der Waals surface area contributed by atoms with Gasteiger partial charge in [-0.15, -0.1) is 0 Å². The lowest BCUT2D eigenvalue weighted by Crippen LogP contribution is -2.38. The predicted octanol–water partition coefficient (Wildman–Crippen LogP) is 14.0. The summed E-state index contributed by atoms with van der Waals surface area (Å²) < 4.78 is 12.2. The van der Waals surface area contributed by atoms with Crippen molar-refractivity contribution >= 4 is 5.91 Å². The molecule has 0 bridgehead atoms. The van der Waals surface area contributed by atoms with Crippen LogP contribution in [0.15, 0.2) is 24.3 Å². The first-order chi connectivity index (χ1) is 25.7. The fourth-order valence-corrected chi connectivity index (χ4v) is 6.77. The molecule has 0 heterocycles. The minimum Gasteiger partial charge on any atom is -0.381 e. The van der Waals surface area contributed by atoms with Gasteiger partial charge in [0.05, 0.1) is 6.61 Å². The highest BCUT2D eigenvalue weighted by Gasteiger charge is 2.13. The molecular formula is C47H92N2O3. The van der Waals surface area contributed by atoms with Gasteiger partial charge in [-0.1, -0.05) is 168 Å². The summed E-state index contributed by atoms with van der Waals surface area (Å²) in [6.45, 7) is 14.1. The molecule has 0 aliphatic carbocycles. The number of hydrogen-bond acceptors (Lipinski definition) is 4. The van der Waals surface area contributed by atoms with E-state index < -0.39 is 0 Å². The van der Waals surface area contributed by atoms with Crippen LogP contribution in [0.5, 0.6) is 0 Å². The van der Waals surface area contributed by atoms with Crippen LogP contribution >= 0.6 is 0 Å². The molecule has 1 N–H and O–H groups in total. The van der Waals surface area contributed by atoms with Crippen LogP contribution in [0.1, 0.15) is 227 Å². The van der Waals surface area contributed by atoms with Crippen LogP contribution in [0, 0.1) is 0 Å². The van der Waals surface area contributed by atoms with Gasteiger partial charge in [-0.05, 0) is 90.3 Å². The Labute approximate surface area is 326 Å². The molecule has 0 fully saturated rings. The van der Waals surface area contributed by atoms with Crippen molar-refractivity contribution in [2.75, 3.05) is 39.5 Å². The Bertz CT molecular complexity index is 751. The molecule has 0 rings (SSSR count). The van der Waals surface area contributed by atoms with Crippen LogP contribution in [0.3, 0.4) is 0 Å². The Kier molecular flexibility index (Phi) is 43.2. The van der Waals surface area contributed by atoms with E-state index in [0.29, 0.717) is 19.6 Å². The molecular weight excluding hydrogens is 641 g/mol. The van der Waals surface area contributed by atoms with Crippen molar-refractivity contribution in [3.8, 4) is 0 Å². The van der Waals surface area contributed by atoms with Gasteiger partial charge in [-0.2, -0.15) is 0 Å². The number of rotatable bonds is 43. The smallest absolute Gasteiger partial charge is 0.222 e. The van der Waals surface area contributed by atoms with E-state index >= 15 is 0 Å². The van der Waals surface area contributed by atoms with Gasteiger partial charge in [0.1, 0.15) is 6.23 Å². The van der Waals surface area contributed by atoms with Crippen LogP contribution in [0.25, 0.3) is 0 Å². The third kappa shape index (κ3) is 40.0. The molecule has 0 aromatic carbocycles. The molecule has 1 atom stereocenters. The monoisotopic (exact) mass is 733 g/mol. The molecule has 0 aromatic heterocycles. The van der Waals surface area contributed by atoms with Crippen LogP contribution in [-0.4, -0.2) is 56.5 Å². The summed E-state index contributed by atoms with van der Waals surface area (Å²) in [6, 6.07) is 0. The maximum absolute atomic E-state index is 12.7. The molecule has 0 aliphatic rings. The second-order valence-corrected chi connectivity index (χ2v) is 15.3. The zero-order chi connectivity index (χ0) is 37.8. The second kappa shape index (κ2) is 44.2. The van der Waals surface area contributed by atoms with Gasteiger partial charge in [-0.25, -0.2) is 0 Å². The van der Waals surface area contributed by atoms with Crippen LogP contribution in [-0.2, 0) is 14.3 Å². The van der Waals surface area contributed by atoms with Crippen LogP contribution in [0.4, 0.5) is 0 Å². The number of nitrogens with zero attached hydrogens (tertiary/aromatic N) is 1. The zero-order valence-electron chi connectivity index (χ0n) is 35.7. The number of carbonyl (C=O) groups excluding carboxylic acids is 1. The highest BCUT2D eigenvalue weighted by molar-refractivity contribution is 5.76. The second-order valence-electron chi connectivity index (χ2n) is 15.3. The normalized spacial score (nSPS) is 12.6. The summed E-state index contributed by atoms with van der Waals surface area (Å²) >= 11 is 0. The third-order valence-corrected chi connectivity index (χ3v) is 10.4. The first-order valence-corrected chi connectivity index (χ1v) is 23.2. The van der Waals surface area contributed by atoms with Gasteiger partial charge in [0, 0.05) is 26.1 Å².